The molecular formula is C22H36IN5O2. The number of hydrogen-bond acceptors (Lipinski definition) is 4. The van der Waals surface area contributed by atoms with Crippen LogP contribution in [0.15, 0.2) is 29.3 Å². The molecule has 1 aromatic carbocycles. The van der Waals surface area contributed by atoms with Gasteiger partial charge in [-0.1, -0.05) is 25.0 Å². The zero-order valence-corrected chi connectivity index (χ0v) is 20.2. The van der Waals surface area contributed by atoms with E-state index in [0.29, 0.717) is 19.1 Å². The van der Waals surface area contributed by atoms with Crippen molar-refractivity contribution in [2.45, 2.75) is 57.5 Å². The summed E-state index contributed by atoms with van der Waals surface area (Å²) in [6, 6.07) is 7.81. The molecule has 1 aliphatic carbocycles. The number of piperidine rings is 1. The van der Waals surface area contributed by atoms with Crippen LogP contribution in [0.2, 0.25) is 0 Å². The van der Waals surface area contributed by atoms with Gasteiger partial charge in [-0.05, 0) is 44.7 Å². The maximum atomic E-state index is 12.1. The lowest BCUT2D eigenvalue weighted by Crippen LogP contribution is -2.50. The predicted molar refractivity (Wildman–Crippen MR) is 132 cm³/mol. The van der Waals surface area contributed by atoms with Crippen LogP contribution in [0.1, 0.15) is 55.8 Å². The Balaban J connectivity index is 0.00000320. The number of carbonyl (C=O) groups excluding carboxylic acids is 1. The third-order valence-corrected chi connectivity index (χ3v) is 5.87. The van der Waals surface area contributed by atoms with Crippen LogP contribution in [0, 0.1) is 0 Å². The van der Waals surface area contributed by atoms with E-state index in [9.17, 15) is 9.90 Å². The Morgan fingerprint density at radius 2 is 1.83 bits per heavy atom. The minimum absolute atomic E-state index is 0. The number of guanidine groups is 1. The summed E-state index contributed by atoms with van der Waals surface area (Å²) in [6.45, 7) is 6.09. The number of amides is 1. The molecular weight excluding hydrogens is 493 g/mol. The molecule has 0 aromatic heterocycles. The number of rotatable bonds is 7. The first-order chi connectivity index (χ1) is 14.2. The third kappa shape index (κ3) is 7.30. The lowest BCUT2D eigenvalue weighted by molar-refractivity contribution is 0.0952. The Morgan fingerprint density at radius 3 is 2.50 bits per heavy atom. The lowest BCUT2D eigenvalue weighted by Gasteiger charge is -2.36. The Hall–Kier alpha value is -1.55. The minimum Gasteiger partial charge on any atom is -0.507 e. The highest BCUT2D eigenvalue weighted by molar-refractivity contribution is 14.0. The molecule has 0 atom stereocenters. The van der Waals surface area contributed by atoms with E-state index in [1.807, 2.05) is 0 Å². The van der Waals surface area contributed by atoms with Crippen molar-refractivity contribution in [2.24, 2.45) is 4.99 Å². The van der Waals surface area contributed by atoms with Crippen molar-refractivity contribution in [1.29, 1.82) is 0 Å². The molecule has 0 bridgehead atoms. The summed E-state index contributed by atoms with van der Waals surface area (Å²) in [4.78, 5) is 19.4. The number of hydrogen-bond donors (Lipinski definition) is 4. The molecule has 168 valence electrons. The summed E-state index contributed by atoms with van der Waals surface area (Å²) >= 11 is 0. The Morgan fingerprint density at radius 1 is 1.13 bits per heavy atom. The second kappa shape index (κ2) is 13.0. The van der Waals surface area contributed by atoms with Crippen LogP contribution in [0.5, 0.6) is 5.75 Å². The summed E-state index contributed by atoms with van der Waals surface area (Å²) in [5.74, 6) is 0.520. The number of aliphatic imine (C=N–C) groups is 1. The van der Waals surface area contributed by atoms with Gasteiger partial charge < -0.3 is 26.0 Å². The first kappa shape index (κ1) is 24.7. The number of nitrogens with one attached hydrogen (secondary N) is 3. The molecule has 0 radical (unpaired) electrons. The SMILES string of the molecule is CCNC(=NCCNC(=O)c1ccccc1O)NC1CCN(C2CCCC2)CC1.I. The maximum absolute atomic E-state index is 12.1. The highest BCUT2D eigenvalue weighted by atomic mass is 127. The van der Waals surface area contributed by atoms with E-state index in [0.717, 1.165) is 31.4 Å². The number of nitrogens with zero attached hydrogens (tertiary/aromatic N) is 2. The number of carbonyl (C=O) groups is 1. The smallest absolute Gasteiger partial charge is 0.255 e. The topological polar surface area (TPSA) is 89.0 Å². The number of phenolic OH excluding ortho intramolecular Hbond substituents is 1. The van der Waals surface area contributed by atoms with Crippen LogP contribution in [-0.2, 0) is 0 Å². The molecule has 1 saturated heterocycles. The van der Waals surface area contributed by atoms with E-state index in [-0.39, 0.29) is 41.2 Å². The summed E-state index contributed by atoms with van der Waals surface area (Å²) in [7, 11) is 0. The van der Waals surface area contributed by atoms with Gasteiger partial charge in [0.15, 0.2) is 5.96 Å². The first-order valence-electron chi connectivity index (χ1n) is 11.0. The molecule has 30 heavy (non-hydrogen) atoms. The average molecular weight is 529 g/mol. The molecule has 1 aliphatic heterocycles. The number of likely N-dealkylation sites (tertiary alicyclic amines) is 1. The number of para-hydroxylation sites is 1. The standard InChI is InChI=1S/C22H35N5O2.HI/c1-2-23-22(25-14-13-24-21(29)19-9-5-6-10-20(19)28)26-17-11-15-27(16-12-17)18-7-3-4-8-18;/h5-6,9-10,17-18,28H,2-4,7-8,11-16H2,1H3,(H,24,29)(H2,23,25,26);1H. The second-order valence-corrected chi connectivity index (χ2v) is 7.93. The Labute approximate surface area is 197 Å². The number of aromatic hydroxyl groups is 1. The van der Waals surface area contributed by atoms with Gasteiger partial charge in [0, 0.05) is 38.3 Å². The Kier molecular flexibility index (Phi) is 10.7. The molecule has 0 spiro atoms. The fourth-order valence-corrected chi connectivity index (χ4v) is 4.29. The van der Waals surface area contributed by atoms with Crippen LogP contribution in [0.25, 0.3) is 0 Å². The first-order valence-corrected chi connectivity index (χ1v) is 11.0. The van der Waals surface area contributed by atoms with Crippen molar-refractivity contribution >= 4 is 35.8 Å². The minimum atomic E-state index is -0.282. The summed E-state index contributed by atoms with van der Waals surface area (Å²) in [6.07, 6.45) is 7.81. The molecule has 2 aliphatic rings. The van der Waals surface area contributed by atoms with Crippen LogP contribution in [-0.4, -0.2) is 66.7 Å². The summed E-state index contributed by atoms with van der Waals surface area (Å²) in [5, 5.41) is 19.4. The van der Waals surface area contributed by atoms with E-state index in [4.69, 9.17) is 0 Å². The van der Waals surface area contributed by atoms with Crippen LogP contribution in [0.4, 0.5) is 0 Å². The number of halogens is 1. The van der Waals surface area contributed by atoms with Crippen molar-refractivity contribution in [2.75, 3.05) is 32.7 Å². The van der Waals surface area contributed by atoms with Crippen molar-refractivity contribution < 1.29 is 9.90 Å². The lowest BCUT2D eigenvalue weighted by atomic mass is 10.0. The van der Waals surface area contributed by atoms with Crippen molar-refractivity contribution in [3.63, 3.8) is 0 Å². The maximum Gasteiger partial charge on any atom is 0.255 e. The van der Waals surface area contributed by atoms with Gasteiger partial charge in [0.2, 0.25) is 0 Å². The molecule has 2 fully saturated rings. The summed E-state index contributed by atoms with van der Waals surface area (Å²) < 4.78 is 0. The Bertz CT molecular complexity index is 686. The molecule has 1 aromatic rings. The van der Waals surface area contributed by atoms with Crippen LogP contribution < -0.4 is 16.0 Å². The van der Waals surface area contributed by atoms with Gasteiger partial charge in [-0.15, -0.1) is 24.0 Å². The summed E-state index contributed by atoms with van der Waals surface area (Å²) in [5.41, 5.74) is 0.288. The van der Waals surface area contributed by atoms with Gasteiger partial charge in [-0.3, -0.25) is 9.79 Å². The zero-order valence-electron chi connectivity index (χ0n) is 17.9. The quantitative estimate of drug-likeness (QED) is 0.189. The van der Waals surface area contributed by atoms with E-state index < -0.39 is 0 Å². The van der Waals surface area contributed by atoms with Crippen LogP contribution >= 0.6 is 24.0 Å². The van der Waals surface area contributed by atoms with E-state index in [2.05, 4.69) is 32.8 Å². The van der Waals surface area contributed by atoms with Crippen molar-refractivity contribution in [3.8, 4) is 5.75 Å². The highest BCUT2D eigenvalue weighted by Crippen LogP contribution is 2.26. The number of phenols is 1. The van der Waals surface area contributed by atoms with Gasteiger partial charge in [-0.25, -0.2) is 0 Å². The fraction of sp³-hybridized carbons (Fsp3) is 0.636. The average Bonchev–Trinajstić information content (AvgIpc) is 3.27. The van der Waals surface area contributed by atoms with E-state index >= 15 is 0 Å². The largest absolute Gasteiger partial charge is 0.507 e. The molecule has 1 amide bonds. The van der Waals surface area contributed by atoms with Gasteiger partial charge >= 0.3 is 0 Å². The van der Waals surface area contributed by atoms with Crippen molar-refractivity contribution in [3.05, 3.63) is 29.8 Å². The molecule has 3 rings (SSSR count). The third-order valence-electron chi connectivity index (χ3n) is 5.87. The van der Waals surface area contributed by atoms with Gasteiger partial charge in [0.05, 0.1) is 12.1 Å². The molecule has 7 nitrogen and oxygen atoms in total. The molecule has 1 heterocycles. The molecule has 4 N–H and O–H groups in total. The fourth-order valence-electron chi connectivity index (χ4n) is 4.29. The second-order valence-electron chi connectivity index (χ2n) is 7.93. The van der Waals surface area contributed by atoms with E-state index in [1.165, 1.54) is 44.8 Å². The zero-order chi connectivity index (χ0) is 20.5. The van der Waals surface area contributed by atoms with Gasteiger partial charge in [-0.2, -0.15) is 0 Å². The highest BCUT2D eigenvalue weighted by Gasteiger charge is 2.27. The molecule has 1 saturated carbocycles. The normalized spacial score (nSPS) is 18.6. The molecule has 0 unspecified atom stereocenters. The predicted octanol–water partition coefficient (Wildman–Crippen LogP) is 2.70. The van der Waals surface area contributed by atoms with Gasteiger partial charge in [0.1, 0.15) is 5.75 Å². The van der Waals surface area contributed by atoms with Gasteiger partial charge in [0.25, 0.3) is 5.91 Å². The number of benzene rings is 1. The monoisotopic (exact) mass is 529 g/mol. The molecule has 8 heteroatoms. The van der Waals surface area contributed by atoms with Crippen molar-refractivity contribution in [1.82, 2.24) is 20.9 Å². The van der Waals surface area contributed by atoms with E-state index in [1.54, 1.807) is 18.2 Å². The van der Waals surface area contributed by atoms with Crippen LogP contribution in [0.3, 0.4) is 0 Å².